The van der Waals surface area contributed by atoms with Crippen molar-refractivity contribution >= 4 is 23.8 Å². The van der Waals surface area contributed by atoms with Crippen LogP contribution in [-0.4, -0.2) is 46.4 Å². The molecular weight excluding hydrogens is 532 g/mol. The highest BCUT2D eigenvalue weighted by atomic mass is 16.6. The normalized spacial score (nSPS) is 13.5. The second-order valence-electron chi connectivity index (χ2n) is 12.4. The van der Waals surface area contributed by atoms with Crippen LogP contribution in [0.25, 0.3) is 0 Å². The number of aryl methyl sites for hydroxylation is 2. The number of rotatable bonds is 13. The van der Waals surface area contributed by atoms with Gasteiger partial charge in [0.1, 0.15) is 17.7 Å². The average molecular weight is 581 g/mol. The fraction of sp³-hybridized carbons (Fsp3) is 0.515. The van der Waals surface area contributed by atoms with Gasteiger partial charge in [0.05, 0.1) is 6.42 Å². The number of nitrogens with two attached hydrogens (primary N) is 1. The summed E-state index contributed by atoms with van der Waals surface area (Å²) < 4.78 is 5.38. The molecule has 0 heterocycles. The second kappa shape index (κ2) is 15.4. The SMILES string of the molecule is Cc1ccc(C)c(C(C(=O)NCc2ccccc2)N(C(=O)C(CC(N)=O)NC(=O)OC(C)(C)C)C(C)CCC(C)C)c1. The molecular formula is C33H48N4O5. The topological polar surface area (TPSA) is 131 Å². The van der Waals surface area contributed by atoms with E-state index in [2.05, 4.69) is 24.5 Å². The van der Waals surface area contributed by atoms with Crippen molar-refractivity contribution < 1.29 is 23.9 Å². The van der Waals surface area contributed by atoms with Crippen LogP contribution < -0.4 is 16.4 Å². The van der Waals surface area contributed by atoms with Crippen LogP contribution >= 0.6 is 0 Å². The Hall–Kier alpha value is -3.88. The van der Waals surface area contributed by atoms with Crippen molar-refractivity contribution in [1.82, 2.24) is 15.5 Å². The Balaban J connectivity index is 2.63. The number of benzene rings is 2. The molecule has 9 nitrogen and oxygen atoms in total. The monoisotopic (exact) mass is 580 g/mol. The summed E-state index contributed by atoms with van der Waals surface area (Å²) in [5, 5.41) is 5.56. The van der Waals surface area contributed by atoms with Gasteiger partial charge in [-0.25, -0.2) is 4.79 Å². The molecule has 0 aromatic heterocycles. The highest BCUT2D eigenvalue weighted by molar-refractivity contribution is 5.95. The molecule has 0 saturated heterocycles. The molecule has 9 heteroatoms. The zero-order valence-corrected chi connectivity index (χ0v) is 26.3. The minimum absolute atomic E-state index is 0.268. The fourth-order valence-corrected chi connectivity index (χ4v) is 4.70. The summed E-state index contributed by atoms with van der Waals surface area (Å²) >= 11 is 0. The van der Waals surface area contributed by atoms with Gasteiger partial charge >= 0.3 is 6.09 Å². The predicted octanol–water partition coefficient (Wildman–Crippen LogP) is 5.08. The first-order chi connectivity index (χ1) is 19.6. The lowest BCUT2D eigenvalue weighted by molar-refractivity contribution is -0.146. The van der Waals surface area contributed by atoms with Crippen molar-refractivity contribution in [3.63, 3.8) is 0 Å². The van der Waals surface area contributed by atoms with Crippen molar-refractivity contribution in [1.29, 1.82) is 0 Å². The summed E-state index contributed by atoms with van der Waals surface area (Å²) in [5.74, 6) is -1.36. The van der Waals surface area contributed by atoms with Crippen LogP contribution in [0.2, 0.25) is 0 Å². The lowest BCUT2D eigenvalue weighted by Gasteiger charge is -2.39. The van der Waals surface area contributed by atoms with Gasteiger partial charge in [0, 0.05) is 12.6 Å². The third-order valence-corrected chi connectivity index (χ3v) is 6.85. The number of nitrogens with one attached hydrogen (secondary N) is 2. The van der Waals surface area contributed by atoms with Crippen LogP contribution in [0.3, 0.4) is 0 Å². The molecule has 0 saturated carbocycles. The molecule has 2 aromatic carbocycles. The van der Waals surface area contributed by atoms with E-state index in [0.717, 1.165) is 23.1 Å². The van der Waals surface area contributed by atoms with Crippen molar-refractivity contribution in [3.8, 4) is 0 Å². The lowest BCUT2D eigenvalue weighted by atomic mass is 9.93. The van der Waals surface area contributed by atoms with E-state index in [1.807, 2.05) is 69.3 Å². The van der Waals surface area contributed by atoms with Crippen LogP contribution in [-0.2, 0) is 25.7 Å². The molecule has 2 aromatic rings. The smallest absolute Gasteiger partial charge is 0.408 e. The van der Waals surface area contributed by atoms with E-state index in [-0.39, 0.29) is 12.5 Å². The second-order valence-corrected chi connectivity index (χ2v) is 12.4. The minimum Gasteiger partial charge on any atom is -0.444 e. The molecule has 3 atom stereocenters. The van der Waals surface area contributed by atoms with Crippen LogP contribution in [0.4, 0.5) is 4.79 Å². The maximum absolute atomic E-state index is 14.4. The Kier molecular flexibility index (Phi) is 12.6. The maximum atomic E-state index is 14.4. The Labute approximate surface area is 250 Å². The maximum Gasteiger partial charge on any atom is 0.408 e. The molecule has 4 N–H and O–H groups in total. The summed E-state index contributed by atoms with van der Waals surface area (Å²) in [6.07, 6.45) is 0.104. The van der Waals surface area contributed by atoms with Gasteiger partial charge in [0.2, 0.25) is 17.7 Å². The first-order valence-corrected chi connectivity index (χ1v) is 14.6. The van der Waals surface area contributed by atoms with Crippen molar-refractivity contribution in [2.75, 3.05) is 0 Å². The number of carbonyl (C=O) groups excluding carboxylic acids is 4. The van der Waals surface area contributed by atoms with Crippen molar-refractivity contribution in [2.24, 2.45) is 11.7 Å². The largest absolute Gasteiger partial charge is 0.444 e. The molecule has 0 fully saturated rings. The standard InChI is InChI=1S/C33H48N4O5/c1-21(2)14-17-24(5)37(31(40)27(19-28(34)38)36-32(41)42-33(6,7)8)29(26-18-22(3)15-16-23(26)4)30(39)35-20-25-12-10-9-11-13-25/h9-13,15-16,18,21,24,27,29H,14,17,19-20H2,1-8H3,(H2,34,38)(H,35,39)(H,36,41). The fourth-order valence-electron chi connectivity index (χ4n) is 4.70. The molecule has 0 aliphatic rings. The van der Waals surface area contributed by atoms with E-state index >= 15 is 0 Å². The number of primary amides is 1. The van der Waals surface area contributed by atoms with Crippen molar-refractivity contribution in [2.45, 2.75) is 105 Å². The predicted molar refractivity (Wildman–Crippen MR) is 164 cm³/mol. The van der Waals surface area contributed by atoms with E-state index < -0.39 is 48.1 Å². The van der Waals surface area contributed by atoms with Crippen LogP contribution in [0.15, 0.2) is 48.5 Å². The van der Waals surface area contributed by atoms with Crippen LogP contribution in [0, 0.1) is 19.8 Å². The van der Waals surface area contributed by atoms with Gasteiger partial charge in [0.15, 0.2) is 0 Å². The molecule has 0 bridgehead atoms. The van der Waals surface area contributed by atoms with Gasteiger partial charge < -0.3 is 26.0 Å². The lowest BCUT2D eigenvalue weighted by Crippen LogP contribution is -2.56. The van der Waals surface area contributed by atoms with E-state index in [9.17, 15) is 19.2 Å². The van der Waals surface area contributed by atoms with Gasteiger partial charge in [-0.15, -0.1) is 0 Å². The number of carbonyl (C=O) groups is 4. The average Bonchev–Trinajstić information content (AvgIpc) is 2.89. The van der Waals surface area contributed by atoms with Gasteiger partial charge in [0.25, 0.3) is 0 Å². The molecule has 230 valence electrons. The summed E-state index contributed by atoms with van der Waals surface area (Å²) in [6, 6.07) is 12.5. The number of amides is 4. The van der Waals surface area contributed by atoms with Crippen molar-refractivity contribution in [3.05, 3.63) is 70.8 Å². The van der Waals surface area contributed by atoms with E-state index in [4.69, 9.17) is 10.5 Å². The number of nitrogens with zero attached hydrogens (tertiary/aromatic N) is 1. The first-order valence-electron chi connectivity index (χ1n) is 14.6. The Bertz CT molecular complexity index is 1220. The highest BCUT2D eigenvalue weighted by Crippen LogP contribution is 2.30. The van der Waals surface area contributed by atoms with Gasteiger partial charge in [-0.1, -0.05) is 67.9 Å². The first kappa shape index (κ1) is 34.3. The third-order valence-electron chi connectivity index (χ3n) is 6.85. The molecule has 0 radical (unpaired) electrons. The third kappa shape index (κ3) is 10.8. The van der Waals surface area contributed by atoms with E-state index in [0.29, 0.717) is 17.9 Å². The number of alkyl carbamates (subject to hydrolysis) is 1. The quantitative estimate of drug-likeness (QED) is 0.304. The summed E-state index contributed by atoms with van der Waals surface area (Å²) in [4.78, 5) is 54.9. The van der Waals surface area contributed by atoms with Crippen LogP contribution in [0.1, 0.15) is 89.1 Å². The summed E-state index contributed by atoms with van der Waals surface area (Å²) in [6.45, 7) is 15.3. The van der Waals surface area contributed by atoms with Gasteiger partial charge in [-0.05, 0) is 77.0 Å². The molecule has 2 rings (SSSR count). The number of hydrogen-bond donors (Lipinski definition) is 3. The highest BCUT2D eigenvalue weighted by Gasteiger charge is 2.40. The van der Waals surface area contributed by atoms with Gasteiger partial charge in [-0.3, -0.25) is 14.4 Å². The zero-order valence-electron chi connectivity index (χ0n) is 26.3. The molecule has 3 unspecified atom stereocenters. The Morgan fingerprint density at radius 1 is 0.952 bits per heavy atom. The minimum atomic E-state index is -1.33. The Morgan fingerprint density at radius 2 is 1.60 bits per heavy atom. The summed E-state index contributed by atoms with van der Waals surface area (Å²) in [5.41, 5.74) is 8.05. The van der Waals surface area contributed by atoms with Crippen LogP contribution in [0.5, 0.6) is 0 Å². The molecule has 42 heavy (non-hydrogen) atoms. The molecule has 0 spiro atoms. The van der Waals surface area contributed by atoms with Gasteiger partial charge in [-0.2, -0.15) is 0 Å². The summed E-state index contributed by atoms with van der Waals surface area (Å²) in [7, 11) is 0. The molecule has 4 amide bonds. The zero-order chi connectivity index (χ0) is 31.6. The number of ether oxygens (including phenoxy) is 1. The Morgan fingerprint density at radius 3 is 2.17 bits per heavy atom. The van der Waals surface area contributed by atoms with E-state index in [1.54, 1.807) is 20.8 Å². The van der Waals surface area contributed by atoms with E-state index in [1.165, 1.54) is 4.90 Å². The molecule has 0 aliphatic carbocycles. The number of hydrogen-bond acceptors (Lipinski definition) is 5. The molecule has 0 aliphatic heterocycles.